The second kappa shape index (κ2) is 8.10. The Kier molecular flexibility index (Phi) is 8.06. The molecule has 0 saturated heterocycles. The minimum atomic E-state index is 0.361. The van der Waals surface area contributed by atoms with E-state index in [9.17, 15) is 0 Å². The van der Waals surface area contributed by atoms with Gasteiger partial charge in [-0.05, 0) is 37.6 Å². The summed E-state index contributed by atoms with van der Waals surface area (Å²) in [4.78, 5) is 0. The lowest BCUT2D eigenvalue weighted by Gasteiger charge is -2.28. The summed E-state index contributed by atoms with van der Waals surface area (Å²) in [6, 6.07) is 0.969. The number of unbranched alkanes of at least 4 members (excludes halogenated alkanes) is 2. The Hall–Kier alpha value is -0.0800. The summed E-state index contributed by atoms with van der Waals surface area (Å²) in [6.45, 7) is 14.7. The molecule has 0 spiro atoms. The van der Waals surface area contributed by atoms with Crippen LogP contribution in [-0.4, -0.2) is 18.6 Å². The second-order valence-electron chi connectivity index (χ2n) is 6.80. The molecule has 2 atom stereocenters. The quantitative estimate of drug-likeness (QED) is 0.639. The monoisotopic (exact) mass is 242 g/mol. The van der Waals surface area contributed by atoms with Gasteiger partial charge in [-0.3, -0.25) is 0 Å². The van der Waals surface area contributed by atoms with Gasteiger partial charge in [-0.25, -0.2) is 0 Å². The molecule has 0 aromatic rings. The molecule has 17 heavy (non-hydrogen) atoms. The Bertz CT molecular complexity index is 182. The molecule has 0 aliphatic carbocycles. The van der Waals surface area contributed by atoms with Crippen molar-refractivity contribution in [2.24, 2.45) is 17.1 Å². The largest absolute Gasteiger partial charge is 0.327 e. The zero-order valence-electron chi connectivity index (χ0n) is 12.8. The minimum absolute atomic E-state index is 0.361. The molecule has 2 unspecified atom stereocenters. The summed E-state index contributed by atoms with van der Waals surface area (Å²) in [7, 11) is 0. The highest BCUT2D eigenvalue weighted by molar-refractivity contribution is 4.75. The van der Waals surface area contributed by atoms with Crippen LogP contribution >= 0.6 is 0 Å². The number of hydrogen-bond donors (Lipinski definition) is 2. The van der Waals surface area contributed by atoms with E-state index in [1.807, 2.05) is 0 Å². The number of hydrogen-bond acceptors (Lipinski definition) is 2. The van der Waals surface area contributed by atoms with E-state index < -0.39 is 0 Å². The van der Waals surface area contributed by atoms with E-state index in [4.69, 9.17) is 5.73 Å². The summed E-state index contributed by atoms with van der Waals surface area (Å²) < 4.78 is 0. The molecule has 0 aliphatic rings. The molecule has 104 valence electrons. The van der Waals surface area contributed by atoms with Gasteiger partial charge in [0.15, 0.2) is 0 Å². The lowest BCUT2D eigenvalue weighted by molar-refractivity contribution is 0.285. The van der Waals surface area contributed by atoms with Crippen LogP contribution in [0.4, 0.5) is 0 Å². The third-order valence-corrected chi connectivity index (χ3v) is 3.82. The van der Waals surface area contributed by atoms with Gasteiger partial charge >= 0.3 is 0 Å². The highest BCUT2D eigenvalue weighted by Gasteiger charge is 2.18. The molecule has 0 radical (unpaired) electrons. The lowest BCUT2D eigenvalue weighted by atomic mass is 9.88. The van der Waals surface area contributed by atoms with Crippen LogP contribution in [0.2, 0.25) is 0 Å². The van der Waals surface area contributed by atoms with Gasteiger partial charge in [0.2, 0.25) is 0 Å². The van der Waals surface area contributed by atoms with Crippen LogP contribution in [0.5, 0.6) is 0 Å². The summed E-state index contributed by atoms with van der Waals surface area (Å²) >= 11 is 0. The molecule has 0 amide bonds. The molecule has 0 rings (SSSR count). The van der Waals surface area contributed by atoms with E-state index >= 15 is 0 Å². The van der Waals surface area contributed by atoms with Gasteiger partial charge in [-0.15, -0.1) is 0 Å². The number of nitrogens with one attached hydrogen (secondary N) is 1. The van der Waals surface area contributed by atoms with Gasteiger partial charge in [0.25, 0.3) is 0 Å². The first kappa shape index (κ1) is 16.9. The maximum absolute atomic E-state index is 6.02. The zero-order chi connectivity index (χ0) is 13.5. The fraction of sp³-hybridized carbons (Fsp3) is 1.00. The Balaban J connectivity index is 3.42. The van der Waals surface area contributed by atoms with Crippen LogP contribution in [0.1, 0.15) is 67.2 Å². The van der Waals surface area contributed by atoms with Gasteiger partial charge in [0.05, 0.1) is 0 Å². The minimum Gasteiger partial charge on any atom is -0.327 e. The standard InChI is InChI=1S/C15H34N2/c1-12(2)14(16)10-8-7-9-11-17-13(3)15(4,5)6/h12-14,17H,7-11,16H2,1-6H3. The Morgan fingerprint density at radius 2 is 1.59 bits per heavy atom. The van der Waals surface area contributed by atoms with Crippen molar-refractivity contribution >= 4 is 0 Å². The highest BCUT2D eigenvalue weighted by Crippen LogP contribution is 2.18. The lowest BCUT2D eigenvalue weighted by Crippen LogP contribution is -2.38. The summed E-state index contributed by atoms with van der Waals surface area (Å²) in [5.74, 6) is 0.619. The molecule has 0 fully saturated rings. The fourth-order valence-corrected chi connectivity index (χ4v) is 1.64. The second-order valence-corrected chi connectivity index (χ2v) is 6.80. The van der Waals surface area contributed by atoms with Crippen molar-refractivity contribution < 1.29 is 0 Å². The Labute approximate surface area is 109 Å². The SMILES string of the molecule is CC(C)C(N)CCCCCNC(C)C(C)(C)C. The Morgan fingerprint density at radius 1 is 1.00 bits per heavy atom. The van der Waals surface area contributed by atoms with Crippen LogP contribution in [0, 0.1) is 11.3 Å². The first-order valence-electron chi connectivity index (χ1n) is 7.24. The van der Waals surface area contributed by atoms with Crippen molar-refractivity contribution in [2.45, 2.75) is 79.3 Å². The first-order chi connectivity index (χ1) is 7.75. The third kappa shape index (κ3) is 8.62. The van der Waals surface area contributed by atoms with Crippen molar-refractivity contribution in [1.82, 2.24) is 5.32 Å². The van der Waals surface area contributed by atoms with E-state index in [-0.39, 0.29) is 0 Å². The first-order valence-corrected chi connectivity index (χ1v) is 7.24. The summed E-state index contributed by atoms with van der Waals surface area (Å²) in [5, 5.41) is 3.60. The fourth-order valence-electron chi connectivity index (χ4n) is 1.64. The van der Waals surface area contributed by atoms with E-state index in [0.717, 1.165) is 6.54 Å². The van der Waals surface area contributed by atoms with E-state index in [0.29, 0.717) is 23.4 Å². The average molecular weight is 242 g/mol. The van der Waals surface area contributed by atoms with Crippen LogP contribution in [0.3, 0.4) is 0 Å². The summed E-state index contributed by atoms with van der Waals surface area (Å²) in [6.07, 6.45) is 5.01. The van der Waals surface area contributed by atoms with Gasteiger partial charge in [-0.2, -0.15) is 0 Å². The van der Waals surface area contributed by atoms with Crippen molar-refractivity contribution in [3.05, 3.63) is 0 Å². The van der Waals surface area contributed by atoms with E-state index in [1.165, 1.54) is 25.7 Å². The van der Waals surface area contributed by atoms with Gasteiger partial charge < -0.3 is 11.1 Å². The van der Waals surface area contributed by atoms with E-state index in [2.05, 4.69) is 46.9 Å². The molecular weight excluding hydrogens is 208 g/mol. The molecule has 0 aliphatic heterocycles. The van der Waals surface area contributed by atoms with Crippen LogP contribution < -0.4 is 11.1 Å². The maximum Gasteiger partial charge on any atom is 0.00872 e. The molecule has 3 N–H and O–H groups in total. The zero-order valence-corrected chi connectivity index (χ0v) is 12.8. The molecule has 0 bridgehead atoms. The van der Waals surface area contributed by atoms with Crippen molar-refractivity contribution in [3.63, 3.8) is 0 Å². The molecular formula is C15H34N2. The van der Waals surface area contributed by atoms with Crippen LogP contribution in [0.15, 0.2) is 0 Å². The number of rotatable bonds is 8. The van der Waals surface area contributed by atoms with Crippen molar-refractivity contribution in [3.8, 4) is 0 Å². The maximum atomic E-state index is 6.02. The topological polar surface area (TPSA) is 38.0 Å². The number of nitrogens with two attached hydrogens (primary N) is 1. The van der Waals surface area contributed by atoms with Gasteiger partial charge in [0, 0.05) is 12.1 Å². The van der Waals surface area contributed by atoms with E-state index in [1.54, 1.807) is 0 Å². The van der Waals surface area contributed by atoms with Gasteiger partial charge in [0.1, 0.15) is 0 Å². The molecule has 0 aromatic heterocycles. The van der Waals surface area contributed by atoms with Crippen molar-refractivity contribution in [2.75, 3.05) is 6.54 Å². The smallest absolute Gasteiger partial charge is 0.00872 e. The predicted molar refractivity (Wildman–Crippen MR) is 78.2 cm³/mol. The van der Waals surface area contributed by atoms with Gasteiger partial charge in [-0.1, -0.05) is 47.5 Å². The molecule has 0 saturated carbocycles. The van der Waals surface area contributed by atoms with Crippen LogP contribution in [-0.2, 0) is 0 Å². The average Bonchev–Trinajstić information content (AvgIpc) is 2.20. The molecule has 0 heterocycles. The summed E-state index contributed by atoms with van der Waals surface area (Å²) in [5.41, 5.74) is 6.38. The normalized spacial score (nSPS) is 16.2. The highest BCUT2D eigenvalue weighted by atomic mass is 14.9. The predicted octanol–water partition coefficient (Wildman–Crippen LogP) is 3.55. The van der Waals surface area contributed by atoms with Crippen molar-refractivity contribution in [1.29, 1.82) is 0 Å². The molecule has 2 heteroatoms. The molecule has 2 nitrogen and oxygen atoms in total. The third-order valence-electron chi connectivity index (χ3n) is 3.82. The molecule has 0 aromatic carbocycles. The van der Waals surface area contributed by atoms with Crippen LogP contribution in [0.25, 0.3) is 0 Å². The Morgan fingerprint density at radius 3 is 2.06 bits per heavy atom.